The van der Waals surface area contributed by atoms with Crippen molar-refractivity contribution < 1.29 is 4.79 Å². The summed E-state index contributed by atoms with van der Waals surface area (Å²) in [6.07, 6.45) is 4.15. The Morgan fingerprint density at radius 2 is 1.85 bits per heavy atom. The number of para-hydroxylation sites is 1. The summed E-state index contributed by atoms with van der Waals surface area (Å²) in [6.45, 7) is 1.57. The molecule has 1 amide bonds. The lowest BCUT2D eigenvalue weighted by atomic mass is 10.2. The first kappa shape index (κ1) is 14.1. The van der Waals surface area contributed by atoms with Crippen LogP contribution >= 0.6 is 0 Å². The van der Waals surface area contributed by atoms with Crippen LogP contribution in [-0.4, -0.2) is 31.0 Å². The Hall–Kier alpha value is -2.36. The number of amides is 1. The van der Waals surface area contributed by atoms with E-state index >= 15 is 0 Å². The summed E-state index contributed by atoms with van der Waals surface area (Å²) >= 11 is 0. The van der Waals surface area contributed by atoms with Crippen molar-refractivity contribution in [1.29, 1.82) is 0 Å². The molecule has 1 aromatic carbocycles. The number of carbonyl (C=O) groups is 1. The predicted octanol–water partition coefficient (Wildman–Crippen LogP) is 2.34. The van der Waals surface area contributed by atoms with Gasteiger partial charge in [-0.15, -0.1) is 0 Å². The largest absolute Gasteiger partial charge is 0.375 e. The van der Waals surface area contributed by atoms with E-state index in [-0.39, 0.29) is 5.91 Å². The van der Waals surface area contributed by atoms with Gasteiger partial charge in [-0.2, -0.15) is 0 Å². The molecule has 1 aromatic heterocycles. The molecule has 0 unspecified atom stereocenters. The van der Waals surface area contributed by atoms with E-state index in [1.165, 1.54) is 5.69 Å². The molecule has 4 heteroatoms. The van der Waals surface area contributed by atoms with Crippen molar-refractivity contribution in [2.24, 2.45) is 0 Å². The molecule has 0 aliphatic rings. The second kappa shape index (κ2) is 7.28. The number of benzene rings is 1. The second-order valence-electron chi connectivity index (χ2n) is 4.60. The monoisotopic (exact) mass is 269 g/mol. The van der Waals surface area contributed by atoms with Gasteiger partial charge in [-0.1, -0.05) is 18.2 Å². The number of hydrogen-bond donors (Lipinski definition) is 1. The zero-order chi connectivity index (χ0) is 14.2. The standard InChI is InChI=1S/C16H19N3O/c1-19(15-6-3-2-4-7-15)13-5-10-18-16(20)14-8-11-17-12-9-14/h2-4,6-9,11-12H,5,10,13H2,1H3,(H,18,20). The molecular formula is C16H19N3O. The van der Waals surface area contributed by atoms with E-state index in [2.05, 4.69) is 34.4 Å². The Morgan fingerprint density at radius 1 is 1.15 bits per heavy atom. The Kier molecular flexibility index (Phi) is 5.12. The van der Waals surface area contributed by atoms with Gasteiger partial charge in [0.2, 0.25) is 0 Å². The fraction of sp³-hybridized carbons (Fsp3) is 0.250. The van der Waals surface area contributed by atoms with Crippen LogP contribution in [0.3, 0.4) is 0 Å². The molecular weight excluding hydrogens is 250 g/mol. The van der Waals surface area contributed by atoms with Crippen molar-refractivity contribution >= 4 is 11.6 Å². The average molecular weight is 269 g/mol. The molecule has 4 nitrogen and oxygen atoms in total. The first-order chi connectivity index (χ1) is 9.77. The normalized spacial score (nSPS) is 10.1. The zero-order valence-electron chi connectivity index (χ0n) is 11.6. The molecule has 0 aliphatic carbocycles. The van der Waals surface area contributed by atoms with Gasteiger partial charge in [-0.25, -0.2) is 0 Å². The third-order valence-corrected chi connectivity index (χ3v) is 3.10. The molecule has 2 aromatic rings. The molecule has 0 saturated carbocycles. The van der Waals surface area contributed by atoms with Crippen molar-refractivity contribution in [3.05, 3.63) is 60.4 Å². The van der Waals surface area contributed by atoms with Gasteiger partial charge in [0.15, 0.2) is 0 Å². The van der Waals surface area contributed by atoms with E-state index < -0.39 is 0 Å². The molecule has 2 rings (SSSR count). The van der Waals surface area contributed by atoms with Crippen LogP contribution in [0.1, 0.15) is 16.8 Å². The van der Waals surface area contributed by atoms with E-state index in [1.807, 2.05) is 18.2 Å². The van der Waals surface area contributed by atoms with Crippen molar-refractivity contribution in [3.8, 4) is 0 Å². The van der Waals surface area contributed by atoms with Gasteiger partial charge in [0.1, 0.15) is 0 Å². The SMILES string of the molecule is CN(CCCNC(=O)c1ccncc1)c1ccccc1. The number of carbonyl (C=O) groups excluding carboxylic acids is 1. The Labute approximate surface area is 119 Å². The fourth-order valence-corrected chi connectivity index (χ4v) is 1.94. The van der Waals surface area contributed by atoms with Gasteiger partial charge >= 0.3 is 0 Å². The topological polar surface area (TPSA) is 45.2 Å². The molecule has 20 heavy (non-hydrogen) atoms. The molecule has 0 saturated heterocycles. The summed E-state index contributed by atoms with van der Waals surface area (Å²) in [6, 6.07) is 13.6. The van der Waals surface area contributed by atoms with Gasteiger partial charge in [0.25, 0.3) is 5.91 Å². The third-order valence-electron chi connectivity index (χ3n) is 3.10. The molecule has 0 spiro atoms. The Balaban J connectivity index is 1.71. The van der Waals surface area contributed by atoms with Crippen LogP contribution in [-0.2, 0) is 0 Å². The number of aromatic nitrogens is 1. The van der Waals surface area contributed by atoms with Crippen LogP contribution in [0.25, 0.3) is 0 Å². The van der Waals surface area contributed by atoms with Crippen LogP contribution in [0.15, 0.2) is 54.9 Å². The quantitative estimate of drug-likeness (QED) is 0.819. The number of nitrogens with zero attached hydrogens (tertiary/aromatic N) is 2. The molecule has 0 fully saturated rings. The number of hydrogen-bond acceptors (Lipinski definition) is 3. The van der Waals surface area contributed by atoms with Crippen LogP contribution in [0, 0.1) is 0 Å². The van der Waals surface area contributed by atoms with Crippen LogP contribution in [0.4, 0.5) is 5.69 Å². The number of rotatable bonds is 6. The highest BCUT2D eigenvalue weighted by molar-refractivity contribution is 5.93. The minimum Gasteiger partial charge on any atom is -0.375 e. The van der Waals surface area contributed by atoms with Gasteiger partial charge in [-0.05, 0) is 30.7 Å². The van der Waals surface area contributed by atoms with Crippen LogP contribution in [0.2, 0.25) is 0 Å². The van der Waals surface area contributed by atoms with Gasteiger partial charge in [-0.3, -0.25) is 9.78 Å². The highest BCUT2D eigenvalue weighted by Crippen LogP contribution is 2.10. The molecule has 1 N–H and O–H groups in total. The summed E-state index contributed by atoms with van der Waals surface area (Å²) in [4.78, 5) is 17.9. The highest BCUT2D eigenvalue weighted by atomic mass is 16.1. The molecule has 0 radical (unpaired) electrons. The van der Waals surface area contributed by atoms with E-state index in [1.54, 1.807) is 24.5 Å². The maximum Gasteiger partial charge on any atom is 0.251 e. The lowest BCUT2D eigenvalue weighted by Gasteiger charge is -2.19. The molecule has 0 bridgehead atoms. The highest BCUT2D eigenvalue weighted by Gasteiger charge is 2.04. The summed E-state index contributed by atoms with van der Waals surface area (Å²) in [5.41, 5.74) is 1.84. The van der Waals surface area contributed by atoms with Crippen molar-refractivity contribution in [2.45, 2.75) is 6.42 Å². The van der Waals surface area contributed by atoms with E-state index in [9.17, 15) is 4.79 Å². The summed E-state index contributed by atoms with van der Waals surface area (Å²) in [7, 11) is 2.06. The number of nitrogens with one attached hydrogen (secondary N) is 1. The summed E-state index contributed by atoms with van der Waals surface area (Å²) < 4.78 is 0. The maximum absolute atomic E-state index is 11.8. The minimum atomic E-state index is -0.0465. The van der Waals surface area contributed by atoms with Gasteiger partial charge in [0.05, 0.1) is 0 Å². The van der Waals surface area contributed by atoms with E-state index in [4.69, 9.17) is 0 Å². The molecule has 104 valence electrons. The predicted molar refractivity (Wildman–Crippen MR) is 80.9 cm³/mol. The molecule has 0 aliphatic heterocycles. The summed E-state index contributed by atoms with van der Waals surface area (Å²) in [5.74, 6) is -0.0465. The lowest BCUT2D eigenvalue weighted by Crippen LogP contribution is -2.28. The lowest BCUT2D eigenvalue weighted by molar-refractivity contribution is 0.0953. The van der Waals surface area contributed by atoms with Gasteiger partial charge in [0, 0.05) is 43.8 Å². The van der Waals surface area contributed by atoms with Crippen molar-refractivity contribution in [2.75, 3.05) is 25.0 Å². The zero-order valence-corrected chi connectivity index (χ0v) is 11.6. The molecule has 0 atom stereocenters. The Bertz CT molecular complexity index is 528. The molecule has 1 heterocycles. The van der Waals surface area contributed by atoms with Gasteiger partial charge < -0.3 is 10.2 Å². The van der Waals surface area contributed by atoms with Crippen molar-refractivity contribution in [1.82, 2.24) is 10.3 Å². The number of anilines is 1. The first-order valence-corrected chi connectivity index (χ1v) is 6.72. The van der Waals surface area contributed by atoms with E-state index in [0.29, 0.717) is 12.1 Å². The minimum absolute atomic E-state index is 0.0465. The smallest absolute Gasteiger partial charge is 0.251 e. The third kappa shape index (κ3) is 4.09. The average Bonchev–Trinajstić information content (AvgIpc) is 2.53. The van der Waals surface area contributed by atoms with Crippen LogP contribution in [0.5, 0.6) is 0 Å². The van der Waals surface area contributed by atoms with E-state index in [0.717, 1.165) is 13.0 Å². The maximum atomic E-state index is 11.8. The fourth-order valence-electron chi connectivity index (χ4n) is 1.94. The summed E-state index contributed by atoms with van der Waals surface area (Å²) in [5, 5.41) is 2.91. The number of pyridine rings is 1. The second-order valence-corrected chi connectivity index (χ2v) is 4.60. The first-order valence-electron chi connectivity index (χ1n) is 6.72. The Morgan fingerprint density at radius 3 is 2.55 bits per heavy atom. The van der Waals surface area contributed by atoms with Crippen LogP contribution < -0.4 is 10.2 Å². The van der Waals surface area contributed by atoms with Crippen molar-refractivity contribution in [3.63, 3.8) is 0 Å².